The molecule has 0 aromatic heterocycles. The molecule has 0 fully saturated rings. The maximum absolute atomic E-state index is 6.40. The molecule has 0 bridgehead atoms. The van der Waals surface area contributed by atoms with E-state index in [4.69, 9.17) is 8.85 Å². The Hall–Kier alpha value is 0.994. The van der Waals surface area contributed by atoms with Gasteiger partial charge in [-0.25, -0.2) is 0 Å². The van der Waals surface area contributed by atoms with E-state index < -0.39 is 34.0 Å². The molecule has 32 heavy (non-hydrogen) atoms. The van der Waals surface area contributed by atoms with Gasteiger partial charge in [0.2, 0.25) is 0 Å². The van der Waals surface area contributed by atoms with Gasteiger partial charge in [0, 0.05) is 0 Å². The maximum Gasteiger partial charge on any atom is -0.147 e. The zero-order valence-electron chi connectivity index (χ0n) is 22.1. The molecule has 2 rings (SSSR count). The Bertz CT molecular complexity index is 791. The molecule has 2 nitrogen and oxygen atoms in total. The van der Waals surface area contributed by atoms with Crippen molar-refractivity contribution in [2.45, 2.75) is 100 Å². The summed E-state index contributed by atoms with van der Waals surface area (Å²) in [6.07, 6.45) is 14.6. The summed E-state index contributed by atoms with van der Waals surface area (Å²) in [6, 6.07) is 0. The maximum atomic E-state index is 6.40. The SMILES string of the molecule is CC(CC1=[C]([Zr]([CH3])([CH3])(=[SiH2])[C]2=C(CC(C)O[Si](C)(C)C)C=CC2)CC=C1)O[Si](C)(C)C.Cl.Cl. The molecule has 0 aliphatic heterocycles. The van der Waals surface area contributed by atoms with Crippen LogP contribution in [0.2, 0.25) is 48.5 Å². The van der Waals surface area contributed by atoms with E-state index in [0.717, 1.165) is 25.7 Å². The van der Waals surface area contributed by atoms with Gasteiger partial charge in [-0.15, -0.1) is 24.8 Å². The van der Waals surface area contributed by atoms with E-state index in [2.05, 4.69) is 93.6 Å². The summed E-state index contributed by atoms with van der Waals surface area (Å²) in [5.74, 6) is 0. The van der Waals surface area contributed by atoms with Crippen LogP contribution < -0.4 is 0 Å². The minimum atomic E-state index is -3.21. The summed E-state index contributed by atoms with van der Waals surface area (Å²) in [5.41, 5.74) is 3.16. The van der Waals surface area contributed by atoms with Crippen molar-refractivity contribution < 1.29 is 26.3 Å². The Morgan fingerprint density at radius 3 is 1.38 bits per heavy atom. The first-order chi connectivity index (χ1) is 13.5. The third-order valence-electron chi connectivity index (χ3n) is 6.12. The Morgan fingerprint density at radius 1 is 0.781 bits per heavy atom. The standard InChI is InChI=1S/2C11H19OSi.2CH3.2ClH.H2Si.Zr/c2*1-10(12-13(2,3)4)9-11-7-5-6-8-11;;;;;;/h2*5,7,10H,6,9H2,1-4H3;2*1H3;2*1H;1H2;. The fourth-order valence-corrected chi connectivity index (χ4v) is 22.9. The van der Waals surface area contributed by atoms with Gasteiger partial charge in [-0.2, -0.15) is 0 Å². The molecule has 0 heterocycles. The Labute approximate surface area is 215 Å². The first-order valence-corrected chi connectivity index (χ1v) is 31.8. The van der Waals surface area contributed by atoms with Crippen molar-refractivity contribution in [3.05, 3.63) is 42.0 Å². The summed E-state index contributed by atoms with van der Waals surface area (Å²) in [5, 5.41) is 0. The van der Waals surface area contributed by atoms with Crippen molar-refractivity contribution in [2.75, 3.05) is 0 Å². The molecule has 2 aliphatic rings. The fourth-order valence-electron chi connectivity index (χ4n) is 5.26. The van der Waals surface area contributed by atoms with Gasteiger partial charge in [0.15, 0.2) is 0 Å². The van der Waals surface area contributed by atoms with Gasteiger partial charge in [0.25, 0.3) is 0 Å². The normalized spacial score (nSPS) is 19.2. The van der Waals surface area contributed by atoms with Crippen LogP contribution in [-0.2, 0) is 26.3 Å². The van der Waals surface area contributed by atoms with Gasteiger partial charge < -0.3 is 0 Å². The van der Waals surface area contributed by atoms with E-state index in [1.54, 1.807) is 17.7 Å². The molecule has 0 spiro atoms. The van der Waals surface area contributed by atoms with E-state index in [1.807, 2.05) is 0 Å². The number of hydrogen-bond donors (Lipinski definition) is 0. The molecule has 2 unspecified atom stereocenters. The number of allylic oxidation sites excluding steroid dienone is 6. The summed E-state index contributed by atoms with van der Waals surface area (Å²) >= 11 is -3.21. The Kier molecular flexibility index (Phi) is 12.2. The van der Waals surface area contributed by atoms with Crippen molar-refractivity contribution in [3.8, 4) is 0 Å². The van der Waals surface area contributed by atoms with Crippen molar-refractivity contribution in [1.82, 2.24) is 0 Å². The molecule has 0 saturated heterocycles. The van der Waals surface area contributed by atoms with E-state index in [9.17, 15) is 0 Å². The van der Waals surface area contributed by atoms with Gasteiger partial charge in [-0.3, -0.25) is 0 Å². The van der Waals surface area contributed by atoms with E-state index >= 15 is 0 Å². The van der Waals surface area contributed by atoms with Crippen LogP contribution in [0.5, 0.6) is 0 Å². The number of hydrogen-bond acceptors (Lipinski definition) is 2. The molecule has 0 amide bonds. The molecule has 0 radical (unpaired) electrons. The largest absolute Gasteiger partial charge is 0.147 e. The second-order valence-electron chi connectivity index (χ2n) is 12.4. The minimum Gasteiger partial charge on any atom is -0.147 e. The molecule has 0 N–H and O–H groups in total. The molecule has 0 aromatic rings. The van der Waals surface area contributed by atoms with Gasteiger partial charge in [-0.1, -0.05) is 0 Å². The molecule has 186 valence electrons. The van der Waals surface area contributed by atoms with Gasteiger partial charge in [0.1, 0.15) is 0 Å². The minimum absolute atomic E-state index is 0. The molecule has 2 atom stereocenters. The molecule has 2 aliphatic carbocycles. The molecule has 0 saturated carbocycles. The van der Waals surface area contributed by atoms with Gasteiger partial charge >= 0.3 is 192 Å². The Balaban J connectivity index is 0.00000480. The molecule has 8 heteroatoms. The quantitative estimate of drug-likeness (QED) is 0.233. The van der Waals surface area contributed by atoms with E-state index in [0.29, 0.717) is 12.2 Å². The van der Waals surface area contributed by atoms with Crippen molar-refractivity contribution in [2.24, 2.45) is 0 Å². The van der Waals surface area contributed by atoms with Crippen molar-refractivity contribution in [1.29, 1.82) is 0 Å². The van der Waals surface area contributed by atoms with E-state index in [1.165, 1.54) is 0 Å². The Morgan fingerprint density at radius 2 is 1.09 bits per heavy atom. The molecular weight excluding hydrogens is 567 g/mol. The molecular formula is C24H48Cl2O2Si3Zr. The first-order valence-electron chi connectivity index (χ1n) is 11.7. The average Bonchev–Trinajstić information content (AvgIpc) is 3.12. The number of halogens is 2. The monoisotopic (exact) mass is 612 g/mol. The predicted molar refractivity (Wildman–Crippen MR) is 153 cm³/mol. The third-order valence-corrected chi connectivity index (χ3v) is 25.5. The topological polar surface area (TPSA) is 18.5 Å². The van der Waals surface area contributed by atoms with Gasteiger partial charge in [-0.05, 0) is 0 Å². The zero-order valence-corrected chi connectivity index (χ0v) is 29.6. The summed E-state index contributed by atoms with van der Waals surface area (Å²) in [7, 11) is -3.02. The zero-order chi connectivity index (χ0) is 23.0. The van der Waals surface area contributed by atoms with Crippen molar-refractivity contribution in [3.63, 3.8) is 0 Å². The second kappa shape index (κ2) is 11.8. The smallest absolute Gasteiger partial charge is 0.147 e. The van der Waals surface area contributed by atoms with Crippen LogP contribution in [0.25, 0.3) is 0 Å². The summed E-state index contributed by atoms with van der Waals surface area (Å²) < 4.78 is 21.7. The van der Waals surface area contributed by atoms with Crippen LogP contribution in [0.15, 0.2) is 42.0 Å². The van der Waals surface area contributed by atoms with Gasteiger partial charge in [0.05, 0.1) is 0 Å². The van der Waals surface area contributed by atoms with Crippen LogP contribution in [0.1, 0.15) is 39.5 Å². The van der Waals surface area contributed by atoms with Crippen LogP contribution in [0.4, 0.5) is 0 Å². The fraction of sp³-hybridized carbons (Fsp3) is 0.667. The average molecular weight is 615 g/mol. The van der Waals surface area contributed by atoms with Crippen LogP contribution >= 0.6 is 24.8 Å². The van der Waals surface area contributed by atoms with Crippen molar-refractivity contribution >= 4 is 48.3 Å². The van der Waals surface area contributed by atoms with E-state index in [-0.39, 0.29) is 24.8 Å². The molecule has 0 aromatic carbocycles. The first kappa shape index (κ1) is 33.0. The number of rotatable bonds is 10. The third kappa shape index (κ3) is 9.22. The summed E-state index contributed by atoms with van der Waals surface area (Å²) in [6.45, 7) is 20.7. The second-order valence-corrected chi connectivity index (χ2v) is 50.0. The van der Waals surface area contributed by atoms with Crippen LogP contribution in [0.3, 0.4) is 0 Å². The summed E-state index contributed by atoms with van der Waals surface area (Å²) in [4.78, 5) is 0. The predicted octanol–water partition coefficient (Wildman–Crippen LogP) is 7.85. The van der Waals surface area contributed by atoms with Crippen LogP contribution in [0, 0.1) is 0 Å². The van der Waals surface area contributed by atoms with Crippen LogP contribution in [-0.4, -0.2) is 35.7 Å².